The van der Waals surface area contributed by atoms with Crippen LogP contribution in [-0.4, -0.2) is 44.8 Å². The van der Waals surface area contributed by atoms with E-state index in [1.807, 2.05) is 0 Å². The van der Waals surface area contributed by atoms with E-state index in [1.54, 1.807) is 18.2 Å². The van der Waals surface area contributed by atoms with E-state index in [0.717, 1.165) is 6.42 Å². The lowest BCUT2D eigenvalue weighted by atomic mass is 9.80. The Bertz CT molecular complexity index is 790. The Hall–Kier alpha value is -2.77. The predicted octanol–water partition coefficient (Wildman–Crippen LogP) is 1.38. The number of nitrogens with one attached hydrogen (secondary N) is 1. The molecule has 1 N–H and O–H groups in total. The summed E-state index contributed by atoms with van der Waals surface area (Å²) in [5.41, 5.74) is 0.446. The Balaban J connectivity index is 1.35. The van der Waals surface area contributed by atoms with Crippen LogP contribution < -0.4 is 14.8 Å². The third-order valence-electron chi connectivity index (χ3n) is 5.78. The topological polar surface area (TPSA) is 100 Å². The SMILES string of the molecule is COc1ccc(NC(=O)COC(=O)[C@@H]2[C@@H]3C[C@H]4[C@@H]2C(=O)O[C@@H]4C3)c(OC)c1. The van der Waals surface area contributed by atoms with E-state index in [-0.39, 0.29) is 23.9 Å². The number of benzene rings is 1. The smallest absolute Gasteiger partial charge is 0.310 e. The van der Waals surface area contributed by atoms with Crippen LogP contribution in [0, 0.1) is 23.7 Å². The average molecular weight is 375 g/mol. The molecular formula is C19H21NO7. The number of carbonyl (C=O) groups excluding carboxylic acids is 3. The number of rotatable bonds is 6. The number of anilines is 1. The lowest BCUT2D eigenvalue weighted by Crippen LogP contribution is -2.35. The van der Waals surface area contributed by atoms with E-state index in [2.05, 4.69) is 5.32 Å². The molecule has 2 aliphatic carbocycles. The van der Waals surface area contributed by atoms with E-state index in [9.17, 15) is 14.4 Å². The van der Waals surface area contributed by atoms with Crippen molar-refractivity contribution < 1.29 is 33.3 Å². The highest BCUT2D eigenvalue weighted by Gasteiger charge is 2.64. The molecule has 0 aromatic heterocycles. The maximum atomic E-state index is 12.5. The molecule has 3 fully saturated rings. The van der Waals surface area contributed by atoms with Gasteiger partial charge in [-0.1, -0.05) is 0 Å². The monoisotopic (exact) mass is 375 g/mol. The van der Waals surface area contributed by atoms with Crippen LogP contribution in [0.25, 0.3) is 0 Å². The number of esters is 2. The first-order chi connectivity index (χ1) is 13.0. The van der Waals surface area contributed by atoms with Crippen LogP contribution in [0.3, 0.4) is 0 Å². The Morgan fingerprint density at radius 3 is 2.78 bits per heavy atom. The van der Waals surface area contributed by atoms with Crippen molar-refractivity contribution in [2.75, 3.05) is 26.1 Å². The number of hydrogen-bond acceptors (Lipinski definition) is 7. The van der Waals surface area contributed by atoms with Gasteiger partial charge < -0.3 is 24.3 Å². The van der Waals surface area contributed by atoms with Crippen LogP contribution in [-0.2, 0) is 23.9 Å². The molecule has 8 heteroatoms. The molecule has 0 radical (unpaired) electrons. The Morgan fingerprint density at radius 2 is 2.04 bits per heavy atom. The third kappa shape index (κ3) is 2.98. The fourth-order valence-corrected chi connectivity index (χ4v) is 4.65. The summed E-state index contributed by atoms with van der Waals surface area (Å²) in [5.74, 6) is -0.944. The average Bonchev–Trinajstić information content (AvgIpc) is 3.29. The zero-order chi connectivity index (χ0) is 19.1. The molecule has 1 aromatic rings. The van der Waals surface area contributed by atoms with Gasteiger partial charge in [-0.2, -0.15) is 0 Å². The van der Waals surface area contributed by atoms with E-state index in [4.69, 9.17) is 18.9 Å². The molecule has 1 heterocycles. The Morgan fingerprint density at radius 1 is 1.22 bits per heavy atom. The van der Waals surface area contributed by atoms with E-state index < -0.39 is 30.3 Å². The first kappa shape index (κ1) is 17.6. The van der Waals surface area contributed by atoms with Crippen LogP contribution >= 0.6 is 0 Å². The van der Waals surface area contributed by atoms with Crippen molar-refractivity contribution in [2.45, 2.75) is 18.9 Å². The lowest BCUT2D eigenvalue weighted by Gasteiger charge is -2.22. The summed E-state index contributed by atoms with van der Waals surface area (Å²) in [4.78, 5) is 36.6. The highest BCUT2D eigenvalue weighted by atomic mass is 16.6. The van der Waals surface area contributed by atoms with Crippen molar-refractivity contribution >= 4 is 23.5 Å². The van der Waals surface area contributed by atoms with Gasteiger partial charge in [0.15, 0.2) is 6.61 Å². The molecule has 27 heavy (non-hydrogen) atoms. The first-order valence-electron chi connectivity index (χ1n) is 8.91. The first-order valence-corrected chi connectivity index (χ1v) is 8.91. The Kier molecular flexibility index (Phi) is 4.41. The number of methoxy groups -OCH3 is 2. The summed E-state index contributed by atoms with van der Waals surface area (Å²) in [6.07, 6.45) is 1.49. The fraction of sp³-hybridized carbons (Fsp3) is 0.526. The molecule has 2 bridgehead atoms. The molecule has 1 saturated heterocycles. The molecular weight excluding hydrogens is 354 g/mol. The van der Waals surface area contributed by atoms with Crippen molar-refractivity contribution in [3.05, 3.63) is 18.2 Å². The van der Waals surface area contributed by atoms with Gasteiger partial charge in [0.2, 0.25) is 0 Å². The minimum absolute atomic E-state index is 0.0395. The van der Waals surface area contributed by atoms with Crippen LogP contribution in [0.4, 0.5) is 5.69 Å². The molecule has 8 nitrogen and oxygen atoms in total. The van der Waals surface area contributed by atoms with Crippen LogP contribution in [0.5, 0.6) is 11.5 Å². The van der Waals surface area contributed by atoms with Gasteiger partial charge >= 0.3 is 11.9 Å². The minimum Gasteiger partial charge on any atom is -0.497 e. The standard InChI is InChI=1S/C19H21NO7/c1-24-10-3-4-12(14(7-10)25-2)20-15(21)8-26-18(22)16-9-5-11-13(6-9)27-19(23)17(11)16/h3-4,7,9,11,13,16-17H,5-6,8H2,1-2H3,(H,20,21)/t9-,11-,13-,16-,17+/m1/s1. The Labute approximate surface area is 156 Å². The van der Waals surface area contributed by atoms with Gasteiger partial charge in [0.05, 0.1) is 31.7 Å². The van der Waals surface area contributed by atoms with Gasteiger partial charge in [-0.25, -0.2) is 0 Å². The number of hydrogen-bond donors (Lipinski definition) is 1. The molecule has 3 aliphatic rings. The van der Waals surface area contributed by atoms with Crippen molar-refractivity contribution in [3.63, 3.8) is 0 Å². The molecule has 2 saturated carbocycles. The van der Waals surface area contributed by atoms with Crippen LogP contribution in [0.1, 0.15) is 12.8 Å². The third-order valence-corrected chi connectivity index (χ3v) is 5.78. The summed E-state index contributed by atoms with van der Waals surface area (Å²) in [6.45, 7) is -0.424. The quantitative estimate of drug-likeness (QED) is 0.750. The number of ether oxygens (including phenoxy) is 4. The number of carbonyl (C=O) groups is 3. The molecule has 4 rings (SSSR count). The normalized spacial score (nSPS) is 30.0. The van der Waals surface area contributed by atoms with Gasteiger partial charge in [0, 0.05) is 12.0 Å². The van der Waals surface area contributed by atoms with E-state index in [0.29, 0.717) is 23.6 Å². The second kappa shape index (κ2) is 6.75. The van der Waals surface area contributed by atoms with E-state index in [1.165, 1.54) is 14.2 Å². The molecule has 5 atom stereocenters. The highest BCUT2D eigenvalue weighted by Crippen LogP contribution is 2.57. The molecule has 144 valence electrons. The lowest BCUT2D eigenvalue weighted by molar-refractivity contribution is -0.157. The molecule has 1 aliphatic heterocycles. The zero-order valence-electron chi connectivity index (χ0n) is 15.1. The van der Waals surface area contributed by atoms with Gasteiger partial charge in [0.25, 0.3) is 5.91 Å². The second-order valence-electron chi connectivity index (χ2n) is 7.14. The summed E-state index contributed by atoms with van der Waals surface area (Å²) in [7, 11) is 3.01. The van der Waals surface area contributed by atoms with Gasteiger partial charge in [-0.05, 0) is 30.9 Å². The summed E-state index contributed by atoms with van der Waals surface area (Å²) in [5, 5.41) is 2.65. The maximum Gasteiger partial charge on any atom is 0.310 e. The largest absolute Gasteiger partial charge is 0.497 e. The van der Waals surface area contributed by atoms with Crippen molar-refractivity contribution in [1.82, 2.24) is 0 Å². The number of fused-ring (bicyclic) bond motifs is 1. The highest BCUT2D eigenvalue weighted by molar-refractivity contribution is 5.95. The van der Waals surface area contributed by atoms with E-state index >= 15 is 0 Å². The van der Waals surface area contributed by atoms with Gasteiger partial charge in [-0.15, -0.1) is 0 Å². The summed E-state index contributed by atoms with van der Waals surface area (Å²) in [6, 6.07) is 4.96. The van der Waals surface area contributed by atoms with Crippen molar-refractivity contribution in [2.24, 2.45) is 23.7 Å². The zero-order valence-corrected chi connectivity index (χ0v) is 15.1. The molecule has 0 spiro atoms. The second-order valence-corrected chi connectivity index (χ2v) is 7.14. The fourth-order valence-electron chi connectivity index (χ4n) is 4.65. The van der Waals surface area contributed by atoms with Gasteiger partial charge in [-0.3, -0.25) is 14.4 Å². The number of amides is 1. The van der Waals surface area contributed by atoms with Crippen molar-refractivity contribution in [1.29, 1.82) is 0 Å². The predicted molar refractivity (Wildman–Crippen MR) is 92.2 cm³/mol. The molecule has 1 amide bonds. The van der Waals surface area contributed by atoms with Crippen LogP contribution in [0.2, 0.25) is 0 Å². The summed E-state index contributed by atoms with van der Waals surface area (Å²) < 4.78 is 20.9. The summed E-state index contributed by atoms with van der Waals surface area (Å²) >= 11 is 0. The molecule has 1 aromatic carbocycles. The van der Waals surface area contributed by atoms with Gasteiger partial charge in [0.1, 0.15) is 17.6 Å². The minimum atomic E-state index is -0.498. The maximum absolute atomic E-state index is 12.5. The molecule has 0 unspecified atom stereocenters. The van der Waals surface area contributed by atoms with Crippen LogP contribution in [0.15, 0.2) is 18.2 Å². The van der Waals surface area contributed by atoms with Crippen molar-refractivity contribution in [3.8, 4) is 11.5 Å².